The Kier molecular flexibility index (Phi) is 3.77. The van der Waals surface area contributed by atoms with Gasteiger partial charge in [0.1, 0.15) is 0 Å². The van der Waals surface area contributed by atoms with Crippen molar-refractivity contribution in [3.63, 3.8) is 0 Å². The number of nitrogens with zero attached hydrogens (tertiary/aromatic N) is 1. The SMILES string of the molecule is CN(c1cc[c]cc1)S(=O)(=O)CCCl. The van der Waals surface area contributed by atoms with Gasteiger partial charge in [-0.05, 0) is 18.2 Å². The Labute approximate surface area is 89.4 Å². The number of sulfonamides is 1. The van der Waals surface area contributed by atoms with Crippen LogP contribution in [0.3, 0.4) is 0 Å². The van der Waals surface area contributed by atoms with Gasteiger partial charge in [0.15, 0.2) is 0 Å². The first-order chi connectivity index (χ1) is 6.58. The Hall–Kier alpha value is -0.740. The van der Waals surface area contributed by atoms with Crippen molar-refractivity contribution >= 4 is 27.3 Å². The third kappa shape index (κ3) is 2.62. The molecule has 1 rings (SSSR count). The molecule has 0 N–H and O–H groups in total. The molecule has 1 aromatic rings. The molecule has 0 amide bonds. The third-order valence-electron chi connectivity index (χ3n) is 1.82. The van der Waals surface area contributed by atoms with E-state index in [2.05, 4.69) is 6.07 Å². The molecule has 77 valence electrons. The Bertz CT molecular complexity index is 377. The van der Waals surface area contributed by atoms with E-state index < -0.39 is 10.0 Å². The minimum absolute atomic E-state index is 0.0519. The first-order valence-corrected chi connectivity index (χ1v) is 6.21. The van der Waals surface area contributed by atoms with Crippen molar-refractivity contribution in [2.75, 3.05) is 23.0 Å². The molecule has 3 nitrogen and oxygen atoms in total. The van der Waals surface area contributed by atoms with Gasteiger partial charge < -0.3 is 0 Å². The molecule has 0 aliphatic carbocycles. The molecule has 1 radical (unpaired) electrons. The van der Waals surface area contributed by atoms with Crippen molar-refractivity contribution in [2.24, 2.45) is 0 Å². The molecule has 0 aromatic heterocycles. The maximum absolute atomic E-state index is 11.6. The highest BCUT2D eigenvalue weighted by molar-refractivity contribution is 7.92. The smallest absolute Gasteiger partial charge is 0.236 e. The van der Waals surface area contributed by atoms with Crippen LogP contribution >= 0.6 is 11.6 Å². The summed E-state index contributed by atoms with van der Waals surface area (Å²) in [6, 6.07) is 9.53. The molecule has 0 unspecified atom stereocenters. The number of hydrogen-bond donors (Lipinski definition) is 0. The number of anilines is 1. The normalized spacial score (nSPS) is 11.3. The fraction of sp³-hybridized carbons (Fsp3) is 0.333. The number of halogens is 1. The molecule has 0 saturated carbocycles. The number of hydrogen-bond acceptors (Lipinski definition) is 2. The van der Waals surface area contributed by atoms with Gasteiger partial charge in [-0.1, -0.05) is 12.1 Å². The van der Waals surface area contributed by atoms with E-state index >= 15 is 0 Å². The van der Waals surface area contributed by atoms with Crippen LogP contribution < -0.4 is 4.31 Å². The number of alkyl halides is 1. The average molecular weight is 233 g/mol. The first kappa shape index (κ1) is 11.3. The fourth-order valence-electron chi connectivity index (χ4n) is 0.983. The van der Waals surface area contributed by atoms with Gasteiger partial charge in [-0.25, -0.2) is 8.42 Å². The zero-order valence-electron chi connectivity index (χ0n) is 7.77. The van der Waals surface area contributed by atoms with Crippen molar-refractivity contribution in [1.29, 1.82) is 0 Å². The second-order valence-corrected chi connectivity index (χ2v) is 5.23. The van der Waals surface area contributed by atoms with Crippen molar-refractivity contribution in [1.82, 2.24) is 0 Å². The highest BCUT2D eigenvalue weighted by Crippen LogP contribution is 2.14. The summed E-state index contributed by atoms with van der Waals surface area (Å²) in [6.45, 7) is 0. The molecule has 0 spiro atoms. The molecule has 5 heteroatoms. The molecular formula is C9H11ClNO2S. The quantitative estimate of drug-likeness (QED) is 0.738. The van der Waals surface area contributed by atoms with Crippen molar-refractivity contribution in [2.45, 2.75) is 0 Å². The number of benzene rings is 1. The van der Waals surface area contributed by atoms with Gasteiger partial charge in [0.25, 0.3) is 0 Å². The standard InChI is InChI=1S/C9H11ClNO2S/c1-11(14(12,13)8-7-10)9-5-3-2-4-6-9/h3-6H,7-8H2,1H3. The highest BCUT2D eigenvalue weighted by atomic mass is 35.5. The van der Waals surface area contributed by atoms with Crippen LogP contribution in [0.2, 0.25) is 0 Å². The highest BCUT2D eigenvalue weighted by Gasteiger charge is 2.16. The Morgan fingerprint density at radius 2 is 2.00 bits per heavy atom. The average Bonchev–Trinajstić information content (AvgIpc) is 2.18. The van der Waals surface area contributed by atoms with Crippen LogP contribution in [-0.2, 0) is 10.0 Å². The minimum Gasteiger partial charge on any atom is -0.273 e. The van der Waals surface area contributed by atoms with Gasteiger partial charge in [0.05, 0.1) is 11.4 Å². The lowest BCUT2D eigenvalue weighted by Gasteiger charge is -2.18. The molecule has 0 bridgehead atoms. The summed E-state index contributed by atoms with van der Waals surface area (Å²) in [6.07, 6.45) is 0. The molecule has 1 aromatic carbocycles. The molecule has 14 heavy (non-hydrogen) atoms. The van der Waals surface area contributed by atoms with Crippen LogP contribution in [-0.4, -0.2) is 27.1 Å². The first-order valence-electron chi connectivity index (χ1n) is 4.06. The van der Waals surface area contributed by atoms with E-state index in [1.165, 1.54) is 11.4 Å². The summed E-state index contributed by atoms with van der Waals surface area (Å²) < 4.78 is 24.3. The monoisotopic (exact) mass is 232 g/mol. The molecule has 0 atom stereocenters. The lowest BCUT2D eigenvalue weighted by atomic mass is 10.3. The maximum Gasteiger partial charge on any atom is 0.236 e. The van der Waals surface area contributed by atoms with Crippen LogP contribution in [0, 0.1) is 6.07 Å². The predicted octanol–water partition coefficient (Wildman–Crippen LogP) is 1.49. The Morgan fingerprint density at radius 3 is 2.50 bits per heavy atom. The van der Waals surface area contributed by atoms with Crippen molar-refractivity contribution < 1.29 is 8.42 Å². The van der Waals surface area contributed by atoms with Crippen LogP contribution in [0.25, 0.3) is 0 Å². The van der Waals surface area contributed by atoms with Crippen LogP contribution in [0.15, 0.2) is 24.3 Å². The summed E-state index contributed by atoms with van der Waals surface area (Å²) in [7, 11) is -1.76. The van der Waals surface area contributed by atoms with Gasteiger partial charge in [0.2, 0.25) is 10.0 Å². The van der Waals surface area contributed by atoms with Crippen LogP contribution in [0.4, 0.5) is 5.69 Å². The lowest BCUT2D eigenvalue weighted by molar-refractivity contribution is 0.596. The lowest BCUT2D eigenvalue weighted by Crippen LogP contribution is -2.29. The van der Waals surface area contributed by atoms with Crippen molar-refractivity contribution in [3.8, 4) is 0 Å². The molecule has 0 saturated heterocycles. The van der Waals surface area contributed by atoms with Gasteiger partial charge in [0, 0.05) is 12.9 Å². The summed E-state index contributed by atoms with van der Waals surface area (Å²) in [5, 5.41) is 0. The van der Waals surface area contributed by atoms with E-state index in [4.69, 9.17) is 11.6 Å². The van der Waals surface area contributed by atoms with Crippen LogP contribution in [0.1, 0.15) is 0 Å². The van der Waals surface area contributed by atoms with Crippen molar-refractivity contribution in [3.05, 3.63) is 30.3 Å². The molecule has 0 fully saturated rings. The Morgan fingerprint density at radius 1 is 1.43 bits per heavy atom. The van der Waals surface area contributed by atoms with Gasteiger partial charge in [-0.15, -0.1) is 11.6 Å². The molecule has 0 heterocycles. The second-order valence-electron chi connectivity index (χ2n) is 2.73. The molecule has 0 aliphatic heterocycles. The topological polar surface area (TPSA) is 37.4 Å². The largest absolute Gasteiger partial charge is 0.273 e. The second kappa shape index (κ2) is 4.66. The van der Waals surface area contributed by atoms with E-state index in [-0.39, 0.29) is 11.6 Å². The predicted molar refractivity (Wildman–Crippen MR) is 58.2 cm³/mol. The maximum atomic E-state index is 11.6. The van der Waals surface area contributed by atoms with E-state index in [0.29, 0.717) is 5.69 Å². The summed E-state index contributed by atoms with van der Waals surface area (Å²) in [4.78, 5) is 0. The fourth-order valence-corrected chi connectivity index (χ4v) is 2.48. The zero-order valence-corrected chi connectivity index (χ0v) is 9.35. The Balaban J connectivity index is 2.91. The summed E-state index contributed by atoms with van der Waals surface area (Å²) >= 11 is 5.41. The van der Waals surface area contributed by atoms with Crippen LogP contribution in [0.5, 0.6) is 0 Å². The number of rotatable bonds is 4. The van der Waals surface area contributed by atoms with E-state index in [0.717, 1.165) is 0 Å². The van der Waals surface area contributed by atoms with Gasteiger partial charge >= 0.3 is 0 Å². The minimum atomic E-state index is -3.28. The van der Waals surface area contributed by atoms with E-state index in [9.17, 15) is 8.42 Å². The zero-order chi connectivity index (χ0) is 10.6. The van der Waals surface area contributed by atoms with Gasteiger partial charge in [-0.2, -0.15) is 0 Å². The van der Waals surface area contributed by atoms with E-state index in [1.54, 1.807) is 24.3 Å². The molecular weight excluding hydrogens is 222 g/mol. The van der Waals surface area contributed by atoms with Gasteiger partial charge in [-0.3, -0.25) is 4.31 Å². The third-order valence-corrected chi connectivity index (χ3v) is 4.00. The summed E-state index contributed by atoms with van der Waals surface area (Å²) in [5.41, 5.74) is 0.619. The summed E-state index contributed by atoms with van der Waals surface area (Å²) in [5.74, 6) is 0.0509. The van der Waals surface area contributed by atoms with E-state index in [1.807, 2.05) is 0 Å². The molecule has 0 aliphatic rings.